The van der Waals surface area contributed by atoms with Gasteiger partial charge in [-0.3, -0.25) is 0 Å². The van der Waals surface area contributed by atoms with Gasteiger partial charge in [0, 0.05) is 18.7 Å². The molecule has 4 bridgehead atoms. The zero-order valence-electron chi connectivity index (χ0n) is 14.7. The Morgan fingerprint density at radius 1 is 1.42 bits per heavy atom. The van der Waals surface area contributed by atoms with E-state index in [0.29, 0.717) is 11.8 Å². The Bertz CT molecular complexity index is 926. The number of nitriles is 1. The minimum absolute atomic E-state index is 0.198. The molecule has 6 atom stereocenters. The summed E-state index contributed by atoms with van der Waals surface area (Å²) in [6.45, 7) is 0.978. The maximum absolute atomic E-state index is 10.6. The van der Waals surface area contributed by atoms with Gasteiger partial charge in [-0.05, 0) is 44.1 Å². The molecule has 1 aromatic rings. The van der Waals surface area contributed by atoms with Crippen molar-refractivity contribution in [3.05, 3.63) is 35.4 Å². The Morgan fingerprint density at radius 2 is 2.27 bits per heavy atom. The lowest BCUT2D eigenvalue weighted by molar-refractivity contribution is -0.112. The third kappa shape index (κ3) is 1.27. The minimum Gasteiger partial charge on any atom is -0.504 e. The number of hydrogen-bond acceptors (Lipinski definition) is 6. The van der Waals surface area contributed by atoms with Crippen molar-refractivity contribution in [2.75, 3.05) is 20.7 Å². The number of hydrogen-bond donors (Lipinski definition) is 1. The first-order chi connectivity index (χ1) is 12.5. The van der Waals surface area contributed by atoms with Crippen LogP contribution in [0.1, 0.15) is 17.5 Å². The molecule has 2 saturated heterocycles. The molecule has 0 amide bonds. The third-order valence-electron chi connectivity index (χ3n) is 7.54. The average Bonchev–Trinajstić information content (AvgIpc) is 3.03. The van der Waals surface area contributed by atoms with Crippen LogP contribution in [0.25, 0.3) is 0 Å². The van der Waals surface area contributed by atoms with Crippen LogP contribution >= 0.6 is 11.8 Å². The van der Waals surface area contributed by atoms with Gasteiger partial charge in [-0.15, -0.1) is 11.8 Å². The highest BCUT2D eigenvalue weighted by Gasteiger charge is 2.80. The molecule has 0 aromatic heterocycles. The van der Waals surface area contributed by atoms with Crippen molar-refractivity contribution < 1.29 is 14.6 Å². The van der Waals surface area contributed by atoms with E-state index in [1.165, 1.54) is 11.1 Å². The largest absolute Gasteiger partial charge is 0.504 e. The lowest BCUT2D eigenvalue weighted by Gasteiger charge is -2.69. The van der Waals surface area contributed by atoms with Crippen LogP contribution in [-0.4, -0.2) is 58.5 Å². The van der Waals surface area contributed by atoms with Gasteiger partial charge < -0.3 is 19.5 Å². The molecule has 0 radical (unpaired) electrons. The Balaban J connectivity index is 1.75. The number of methoxy groups -OCH3 is 1. The van der Waals surface area contributed by atoms with Crippen LogP contribution in [0.3, 0.4) is 0 Å². The molecule has 4 heterocycles. The number of rotatable bonds is 1. The molecule has 26 heavy (non-hydrogen) atoms. The second-order valence-corrected chi connectivity index (χ2v) is 9.56. The number of likely N-dealkylation sites (N-methyl/N-ethyl adjacent to an activating group) is 1. The molecule has 134 valence electrons. The van der Waals surface area contributed by atoms with Crippen molar-refractivity contribution >= 4 is 11.8 Å². The van der Waals surface area contributed by atoms with Crippen LogP contribution in [0.4, 0.5) is 0 Å². The van der Waals surface area contributed by atoms with Crippen molar-refractivity contribution in [1.29, 1.82) is 5.26 Å². The number of fused-ring (bicyclic) bond motifs is 1. The lowest BCUT2D eigenvalue weighted by atomic mass is 9.50. The predicted octanol–water partition coefficient (Wildman–Crippen LogP) is 1.98. The van der Waals surface area contributed by atoms with Gasteiger partial charge in [-0.2, -0.15) is 5.26 Å². The standard InChI is InChI=1S/C20H20N2O3S/c1-22-8-7-18-15-11-3-4-12(23)16(15)25-17(18)19(24-2)5-6-20(18,13(22)9-11)26-14(19)10-21/h3-6,13-14,17,23H,7-9H2,1-2H3/t13-,14-,17-,18+,19-,20-/m1/s1. The first kappa shape index (κ1) is 15.4. The fourth-order valence-electron chi connectivity index (χ4n) is 6.46. The second-order valence-electron chi connectivity index (χ2n) is 8.18. The average molecular weight is 368 g/mol. The maximum Gasteiger partial charge on any atom is 0.165 e. The van der Waals surface area contributed by atoms with Crippen molar-refractivity contribution in [2.24, 2.45) is 0 Å². The van der Waals surface area contributed by atoms with Crippen LogP contribution in [0.5, 0.6) is 11.5 Å². The Hall–Kier alpha value is -1.68. The maximum atomic E-state index is 10.6. The first-order valence-corrected chi connectivity index (χ1v) is 9.97. The summed E-state index contributed by atoms with van der Waals surface area (Å²) in [4.78, 5) is 2.44. The van der Waals surface area contributed by atoms with Gasteiger partial charge in [-0.1, -0.05) is 12.1 Å². The lowest BCUT2D eigenvalue weighted by Crippen LogP contribution is -2.81. The summed E-state index contributed by atoms with van der Waals surface area (Å²) in [5.41, 5.74) is 1.39. The summed E-state index contributed by atoms with van der Waals surface area (Å²) in [7, 11) is 3.86. The van der Waals surface area contributed by atoms with E-state index >= 15 is 0 Å². The van der Waals surface area contributed by atoms with E-state index in [1.807, 2.05) is 0 Å². The molecule has 1 N–H and O–H groups in total. The molecular weight excluding hydrogens is 348 g/mol. The van der Waals surface area contributed by atoms with Crippen molar-refractivity contribution in [2.45, 2.75) is 46.0 Å². The number of piperidine rings is 1. The normalized spacial score (nSPS) is 46.6. The number of likely N-dealkylation sites (tertiary alicyclic amines) is 1. The first-order valence-electron chi connectivity index (χ1n) is 9.09. The number of benzene rings is 1. The molecule has 0 unspecified atom stereocenters. The van der Waals surface area contributed by atoms with Gasteiger partial charge in [0.1, 0.15) is 17.0 Å². The zero-order valence-corrected chi connectivity index (χ0v) is 15.5. The van der Waals surface area contributed by atoms with Gasteiger partial charge in [0.15, 0.2) is 11.5 Å². The summed E-state index contributed by atoms with van der Waals surface area (Å²) < 4.78 is 12.3. The molecule has 2 aliphatic carbocycles. The van der Waals surface area contributed by atoms with Crippen molar-refractivity contribution in [3.8, 4) is 17.6 Å². The molecular formula is C20H20N2O3S. The van der Waals surface area contributed by atoms with Crippen LogP contribution in [0, 0.1) is 11.3 Å². The zero-order chi connectivity index (χ0) is 17.9. The minimum atomic E-state index is -0.790. The van der Waals surface area contributed by atoms with Crippen LogP contribution in [-0.2, 0) is 16.6 Å². The topological polar surface area (TPSA) is 65.7 Å². The molecule has 6 heteroatoms. The van der Waals surface area contributed by atoms with Crippen LogP contribution in [0.2, 0.25) is 0 Å². The number of thioether (sulfide) groups is 1. The van der Waals surface area contributed by atoms with Crippen molar-refractivity contribution in [3.63, 3.8) is 0 Å². The van der Waals surface area contributed by atoms with Crippen LogP contribution in [0.15, 0.2) is 24.3 Å². The van der Waals surface area contributed by atoms with E-state index in [1.54, 1.807) is 24.9 Å². The fourth-order valence-corrected chi connectivity index (χ4v) is 8.48. The van der Waals surface area contributed by atoms with Gasteiger partial charge >= 0.3 is 0 Å². The molecule has 2 spiro atoms. The SMILES string of the molecule is CO[C@]12C=C[C@@]3(S[C@@H]1C#N)[C@H]1Cc4ccc(O)c5c4[C@@]3(CCN1C)[C@H]2O5. The number of aromatic hydroxyl groups is 1. The molecule has 6 aliphatic rings. The van der Waals surface area contributed by atoms with Crippen LogP contribution < -0.4 is 4.74 Å². The highest BCUT2D eigenvalue weighted by atomic mass is 32.2. The molecule has 5 nitrogen and oxygen atoms in total. The summed E-state index contributed by atoms with van der Waals surface area (Å²) in [5, 5.41) is 20.2. The highest BCUT2D eigenvalue weighted by molar-refractivity contribution is 8.02. The Labute approximate surface area is 156 Å². The highest BCUT2D eigenvalue weighted by Crippen LogP contribution is 2.73. The van der Waals surface area contributed by atoms with Gasteiger partial charge in [0.2, 0.25) is 0 Å². The number of ether oxygens (including phenoxy) is 2. The van der Waals surface area contributed by atoms with E-state index in [0.717, 1.165) is 19.4 Å². The summed E-state index contributed by atoms with van der Waals surface area (Å²) in [6, 6.07) is 6.59. The smallest absolute Gasteiger partial charge is 0.165 e. The second kappa shape index (κ2) is 4.41. The molecule has 2 fully saturated rings. The summed E-state index contributed by atoms with van der Waals surface area (Å²) in [6.07, 6.45) is 5.95. The molecule has 1 aromatic carbocycles. The fraction of sp³-hybridized carbons (Fsp3) is 0.550. The van der Waals surface area contributed by atoms with E-state index in [2.05, 4.69) is 36.2 Å². The monoisotopic (exact) mass is 368 g/mol. The van der Waals surface area contributed by atoms with E-state index in [9.17, 15) is 10.4 Å². The Kier molecular flexibility index (Phi) is 2.61. The number of phenolic OH excluding ortho intramolecular Hbond substituents is 1. The van der Waals surface area contributed by atoms with E-state index < -0.39 is 5.60 Å². The summed E-state index contributed by atoms with van der Waals surface area (Å²) >= 11 is 1.75. The molecule has 0 saturated carbocycles. The third-order valence-corrected chi connectivity index (χ3v) is 9.42. The van der Waals surface area contributed by atoms with Gasteiger partial charge in [0.05, 0.1) is 16.2 Å². The quantitative estimate of drug-likeness (QED) is 0.765. The predicted molar refractivity (Wildman–Crippen MR) is 97.5 cm³/mol. The van der Waals surface area contributed by atoms with Crippen molar-refractivity contribution in [1.82, 2.24) is 4.90 Å². The molecule has 7 rings (SSSR count). The van der Waals surface area contributed by atoms with E-state index in [-0.39, 0.29) is 27.3 Å². The Morgan fingerprint density at radius 3 is 3.04 bits per heavy atom. The number of phenols is 1. The number of nitrogens with zero attached hydrogens (tertiary/aromatic N) is 2. The molecule has 4 aliphatic heterocycles. The van der Waals surface area contributed by atoms with Gasteiger partial charge in [-0.25, -0.2) is 0 Å². The summed E-state index contributed by atoms with van der Waals surface area (Å²) in [5.74, 6) is 0.813. The van der Waals surface area contributed by atoms with E-state index in [4.69, 9.17) is 9.47 Å². The van der Waals surface area contributed by atoms with Gasteiger partial charge in [0.25, 0.3) is 0 Å².